The number of benzene rings is 1. The Bertz CT molecular complexity index is 695. The number of esters is 1. The van der Waals surface area contributed by atoms with Crippen molar-refractivity contribution in [2.24, 2.45) is 5.92 Å². The molecule has 2 amide bonds. The van der Waals surface area contributed by atoms with Crippen molar-refractivity contribution in [3.05, 3.63) is 35.4 Å². The van der Waals surface area contributed by atoms with Crippen molar-refractivity contribution in [1.82, 2.24) is 20.0 Å². The van der Waals surface area contributed by atoms with Gasteiger partial charge in [-0.1, -0.05) is 31.2 Å². The zero-order valence-corrected chi connectivity index (χ0v) is 18.4. The van der Waals surface area contributed by atoms with E-state index in [2.05, 4.69) is 40.2 Å². The van der Waals surface area contributed by atoms with E-state index in [4.69, 9.17) is 4.74 Å². The van der Waals surface area contributed by atoms with Crippen LogP contribution in [0, 0.1) is 5.92 Å². The first-order chi connectivity index (χ1) is 14.6. The van der Waals surface area contributed by atoms with Crippen LogP contribution in [0.4, 0.5) is 4.79 Å². The van der Waals surface area contributed by atoms with Gasteiger partial charge in [-0.2, -0.15) is 0 Å². The van der Waals surface area contributed by atoms with Gasteiger partial charge in [0.15, 0.2) is 0 Å². The highest BCUT2D eigenvalue weighted by Gasteiger charge is 2.28. The number of amides is 2. The van der Waals surface area contributed by atoms with Crippen LogP contribution in [-0.2, 0) is 22.6 Å². The molecule has 1 aromatic rings. The summed E-state index contributed by atoms with van der Waals surface area (Å²) in [7, 11) is 0. The average molecular weight is 417 g/mol. The summed E-state index contributed by atoms with van der Waals surface area (Å²) in [6, 6.07) is 8.32. The molecule has 7 heteroatoms. The number of carbonyl (C=O) groups is 2. The maximum absolute atomic E-state index is 12.6. The molecular weight excluding hydrogens is 380 g/mol. The predicted octanol–water partition coefficient (Wildman–Crippen LogP) is 2.31. The van der Waals surface area contributed by atoms with E-state index in [0.29, 0.717) is 39.1 Å². The highest BCUT2D eigenvalue weighted by atomic mass is 16.5. The molecule has 0 bridgehead atoms. The first-order valence-corrected chi connectivity index (χ1v) is 11.3. The normalized spacial score (nSPS) is 18.9. The Morgan fingerprint density at radius 3 is 2.23 bits per heavy atom. The minimum atomic E-state index is -0.133. The van der Waals surface area contributed by atoms with Crippen molar-refractivity contribution in [3.63, 3.8) is 0 Å². The molecule has 1 aromatic carbocycles. The Morgan fingerprint density at radius 2 is 1.60 bits per heavy atom. The molecule has 2 aliphatic rings. The second kappa shape index (κ2) is 11.3. The minimum Gasteiger partial charge on any atom is -0.466 e. The molecule has 7 nitrogen and oxygen atoms in total. The molecule has 0 aromatic heterocycles. The smallest absolute Gasteiger partial charge is 0.317 e. The van der Waals surface area contributed by atoms with E-state index in [1.54, 1.807) is 0 Å². The lowest BCUT2D eigenvalue weighted by atomic mass is 9.97. The van der Waals surface area contributed by atoms with Crippen molar-refractivity contribution < 1.29 is 14.3 Å². The van der Waals surface area contributed by atoms with E-state index in [9.17, 15) is 9.59 Å². The molecule has 166 valence electrons. The molecule has 0 atom stereocenters. The Hall–Kier alpha value is -2.12. The number of piperazine rings is 1. The minimum absolute atomic E-state index is 0.0522. The van der Waals surface area contributed by atoms with E-state index in [1.165, 1.54) is 11.1 Å². The molecule has 1 N–H and O–H groups in total. The van der Waals surface area contributed by atoms with Gasteiger partial charge in [0, 0.05) is 52.4 Å². The van der Waals surface area contributed by atoms with Crippen LogP contribution in [0.3, 0.4) is 0 Å². The number of piperidine rings is 1. The first kappa shape index (κ1) is 22.6. The van der Waals surface area contributed by atoms with Gasteiger partial charge in [-0.25, -0.2) is 4.79 Å². The molecule has 3 rings (SSSR count). The predicted molar refractivity (Wildman–Crippen MR) is 117 cm³/mol. The van der Waals surface area contributed by atoms with Gasteiger partial charge in [0.05, 0.1) is 12.5 Å². The summed E-state index contributed by atoms with van der Waals surface area (Å²) in [6.45, 7) is 12.6. The molecule has 0 spiro atoms. The summed E-state index contributed by atoms with van der Waals surface area (Å²) in [4.78, 5) is 31.3. The SMILES string of the molecule is CCOC(=O)C1CCN(C(=O)NCc2ccccc2CN2CCN(CC)CC2)CC1. The highest BCUT2D eigenvalue weighted by Crippen LogP contribution is 2.19. The quantitative estimate of drug-likeness (QED) is 0.691. The number of nitrogens with one attached hydrogen (secondary N) is 1. The fourth-order valence-electron chi connectivity index (χ4n) is 4.25. The molecule has 0 unspecified atom stereocenters. The van der Waals surface area contributed by atoms with Crippen molar-refractivity contribution in [2.45, 2.75) is 39.8 Å². The fourth-order valence-corrected chi connectivity index (χ4v) is 4.25. The number of rotatable bonds is 7. The summed E-state index contributed by atoms with van der Waals surface area (Å²) >= 11 is 0. The van der Waals surface area contributed by atoms with Crippen molar-refractivity contribution >= 4 is 12.0 Å². The largest absolute Gasteiger partial charge is 0.466 e. The molecule has 2 aliphatic heterocycles. The zero-order chi connectivity index (χ0) is 21.3. The Kier molecular flexibility index (Phi) is 8.51. The van der Waals surface area contributed by atoms with Gasteiger partial charge in [0.1, 0.15) is 0 Å². The molecule has 2 fully saturated rings. The Balaban J connectivity index is 1.47. The molecule has 30 heavy (non-hydrogen) atoms. The van der Waals surface area contributed by atoms with Crippen molar-refractivity contribution in [1.29, 1.82) is 0 Å². The van der Waals surface area contributed by atoms with Crippen LogP contribution in [0.25, 0.3) is 0 Å². The van der Waals surface area contributed by atoms with Crippen molar-refractivity contribution in [3.8, 4) is 0 Å². The molecule has 0 saturated carbocycles. The number of hydrogen-bond acceptors (Lipinski definition) is 5. The van der Waals surface area contributed by atoms with Gasteiger partial charge < -0.3 is 19.9 Å². The van der Waals surface area contributed by atoms with Crippen LogP contribution in [-0.4, -0.2) is 79.1 Å². The first-order valence-electron chi connectivity index (χ1n) is 11.3. The van der Waals surface area contributed by atoms with Gasteiger partial charge in [-0.15, -0.1) is 0 Å². The van der Waals surface area contributed by atoms with Crippen LogP contribution in [0.15, 0.2) is 24.3 Å². The van der Waals surface area contributed by atoms with Gasteiger partial charge in [0.25, 0.3) is 0 Å². The molecule has 0 aliphatic carbocycles. The summed E-state index contributed by atoms with van der Waals surface area (Å²) in [5, 5.41) is 3.08. The van der Waals surface area contributed by atoms with Gasteiger partial charge in [0.2, 0.25) is 0 Å². The molecule has 2 saturated heterocycles. The van der Waals surface area contributed by atoms with Crippen LogP contribution < -0.4 is 5.32 Å². The molecule has 0 radical (unpaired) electrons. The standard InChI is InChI=1S/C23H36N4O3/c1-3-25-13-15-26(16-14-25)18-21-8-6-5-7-20(21)17-24-23(29)27-11-9-19(10-12-27)22(28)30-4-2/h5-8,19H,3-4,9-18H2,1-2H3,(H,24,29). The summed E-state index contributed by atoms with van der Waals surface area (Å²) < 4.78 is 5.11. The highest BCUT2D eigenvalue weighted by molar-refractivity contribution is 5.76. The lowest BCUT2D eigenvalue weighted by Crippen LogP contribution is -2.46. The third-order valence-corrected chi connectivity index (χ3v) is 6.26. The van der Waals surface area contributed by atoms with Crippen LogP contribution in [0.5, 0.6) is 0 Å². The number of urea groups is 1. The zero-order valence-electron chi connectivity index (χ0n) is 18.4. The molecule has 2 heterocycles. The van der Waals surface area contributed by atoms with Gasteiger partial charge in [-0.3, -0.25) is 9.69 Å². The monoisotopic (exact) mass is 416 g/mol. The second-order valence-electron chi connectivity index (χ2n) is 8.15. The van der Waals surface area contributed by atoms with E-state index < -0.39 is 0 Å². The third kappa shape index (κ3) is 6.19. The van der Waals surface area contributed by atoms with E-state index in [-0.39, 0.29) is 17.9 Å². The van der Waals surface area contributed by atoms with E-state index >= 15 is 0 Å². The van der Waals surface area contributed by atoms with Gasteiger partial charge >= 0.3 is 12.0 Å². The number of hydrogen-bond donors (Lipinski definition) is 1. The fraction of sp³-hybridized carbons (Fsp3) is 0.652. The van der Waals surface area contributed by atoms with E-state index in [1.807, 2.05) is 17.9 Å². The lowest BCUT2D eigenvalue weighted by Gasteiger charge is -2.34. The second-order valence-corrected chi connectivity index (χ2v) is 8.15. The van der Waals surface area contributed by atoms with Crippen molar-refractivity contribution in [2.75, 3.05) is 52.4 Å². The number of likely N-dealkylation sites (N-methyl/N-ethyl adjacent to an activating group) is 1. The lowest BCUT2D eigenvalue weighted by molar-refractivity contribution is -0.149. The average Bonchev–Trinajstić information content (AvgIpc) is 2.79. The van der Waals surface area contributed by atoms with Gasteiger partial charge in [-0.05, 0) is 37.4 Å². The topological polar surface area (TPSA) is 65.1 Å². The number of nitrogens with zero attached hydrogens (tertiary/aromatic N) is 3. The Labute approximate surface area is 180 Å². The van der Waals surface area contributed by atoms with Crippen LogP contribution >= 0.6 is 0 Å². The third-order valence-electron chi connectivity index (χ3n) is 6.26. The summed E-state index contributed by atoms with van der Waals surface area (Å²) in [5.41, 5.74) is 2.45. The number of carbonyl (C=O) groups excluding carboxylic acids is 2. The molecular formula is C23H36N4O3. The van der Waals surface area contributed by atoms with Crippen LogP contribution in [0.1, 0.15) is 37.8 Å². The maximum atomic E-state index is 12.6. The Morgan fingerprint density at radius 1 is 0.967 bits per heavy atom. The summed E-state index contributed by atoms with van der Waals surface area (Å²) in [6.07, 6.45) is 1.35. The number of ether oxygens (including phenoxy) is 1. The maximum Gasteiger partial charge on any atom is 0.317 e. The number of likely N-dealkylation sites (tertiary alicyclic amines) is 1. The van der Waals surface area contributed by atoms with Crippen LogP contribution in [0.2, 0.25) is 0 Å². The summed E-state index contributed by atoms with van der Waals surface area (Å²) in [5.74, 6) is -0.214. The van der Waals surface area contributed by atoms with E-state index in [0.717, 1.165) is 39.3 Å².